The molecule has 1 atom stereocenters. The fraction of sp³-hybridized carbons (Fsp3) is 0.214. The summed E-state index contributed by atoms with van der Waals surface area (Å²) in [7, 11) is 1.57. The number of nitriles is 1. The fourth-order valence-electron chi connectivity index (χ4n) is 4.63. The molecule has 11 heteroatoms. The van der Waals surface area contributed by atoms with Crippen LogP contribution in [0.4, 0.5) is 16.3 Å². The maximum absolute atomic E-state index is 13.6. The number of amides is 2. The molecule has 39 heavy (non-hydrogen) atoms. The molecule has 5 rings (SSSR count). The summed E-state index contributed by atoms with van der Waals surface area (Å²) in [4.78, 5) is 41.7. The second-order valence-corrected chi connectivity index (χ2v) is 8.96. The Morgan fingerprint density at radius 3 is 2.67 bits per heavy atom. The number of fused-ring (bicyclic) bond motifs is 1. The summed E-state index contributed by atoms with van der Waals surface area (Å²) in [6.45, 7) is 0.810. The summed E-state index contributed by atoms with van der Waals surface area (Å²) in [6, 6.07) is 17.9. The standard InChI is InChI=1S/C28H25N7O4/c1-39-21-14-19-4-2-3-5-22(19)23(15-21)32-27(36)24-16-25(33-26(31-24)18-7-10-30-11-8-18)34-12-13-35(28(37)38)20(17-34)6-9-29/h2-5,7-8,10-11,14-16,20H,6,12-13,17H2,1H3,(H,32,36)(H,37,38)/t20-/m0/s1. The third-order valence-corrected chi connectivity index (χ3v) is 6.58. The van der Waals surface area contributed by atoms with Crippen molar-refractivity contribution in [3.63, 3.8) is 0 Å². The summed E-state index contributed by atoms with van der Waals surface area (Å²) in [6.07, 6.45) is 2.20. The zero-order chi connectivity index (χ0) is 27.4. The number of methoxy groups -OCH3 is 1. The molecule has 3 heterocycles. The Balaban J connectivity index is 1.53. The highest BCUT2D eigenvalue weighted by molar-refractivity contribution is 6.09. The van der Waals surface area contributed by atoms with Crippen molar-refractivity contribution in [1.82, 2.24) is 19.9 Å². The minimum absolute atomic E-state index is 0.0430. The molecule has 1 aliphatic rings. The van der Waals surface area contributed by atoms with Crippen LogP contribution in [0.3, 0.4) is 0 Å². The topological polar surface area (TPSA) is 145 Å². The van der Waals surface area contributed by atoms with E-state index in [1.165, 1.54) is 4.90 Å². The van der Waals surface area contributed by atoms with Crippen LogP contribution in [-0.4, -0.2) is 69.7 Å². The summed E-state index contributed by atoms with van der Waals surface area (Å²) < 4.78 is 5.42. The summed E-state index contributed by atoms with van der Waals surface area (Å²) >= 11 is 0. The molecule has 2 amide bonds. The lowest BCUT2D eigenvalue weighted by atomic mass is 10.1. The number of benzene rings is 2. The van der Waals surface area contributed by atoms with Crippen molar-refractivity contribution in [3.05, 3.63) is 72.7 Å². The molecule has 4 aromatic rings. The van der Waals surface area contributed by atoms with Crippen molar-refractivity contribution in [2.45, 2.75) is 12.5 Å². The van der Waals surface area contributed by atoms with E-state index in [-0.39, 0.29) is 25.2 Å². The van der Waals surface area contributed by atoms with Gasteiger partial charge in [0, 0.05) is 55.1 Å². The van der Waals surface area contributed by atoms with Gasteiger partial charge < -0.3 is 25.0 Å². The van der Waals surface area contributed by atoms with E-state index in [0.29, 0.717) is 35.2 Å². The molecule has 0 aliphatic carbocycles. The first-order chi connectivity index (χ1) is 19.0. The first-order valence-corrected chi connectivity index (χ1v) is 12.3. The van der Waals surface area contributed by atoms with Crippen LogP contribution in [0.25, 0.3) is 22.2 Å². The minimum atomic E-state index is -1.07. The summed E-state index contributed by atoms with van der Waals surface area (Å²) in [5.41, 5.74) is 1.38. The van der Waals surface area contributed by atoms with Gasteiger partial charge in [0.25, 0.3) is 5.91 Å². The molecule has 2 aromatic carbocycles. The number of carboxylic acid groups (broad SMARTS) is 1. The van der Waals surface area contributed by atoms with E-state index in [2.05, 4.69) is 21.4 Å². The number of piperazine rings is 1. The van der Waals surface area contributed by atoms with Crippen LogP contribution in [0, 0.1) is 11.3 Å². The van der Waals surface area contributed by atoms with Crippen LogP contribution in [-0.2, 0) is 0 Å². The Hall–Kier alpha value is -5.24. The third-order valence-electron chi connectivity index (χ3n) is 6.58. The second kappa shape index (κ2) is 11.0. The fourth-order valence-corrected chi connectivity index (χ4v) is 4.63. The number of ether oxygens (including phenoxy) is 1. The van der Waals surface area contributed by atoms with Gasteiger partial charge in [-0.05, 0) is 23.6 Å². The van der Waals surface area contributed by atoms with Gasteiger partial charge in [-0.1, -0.05) is 24.3 Å². The molecule has 1 aliphatic heterocycles. The van der Waals surface area contributed by atoms with Gasteiger partial charge in [-0.25, -0.2) is 14.8 Å². The number of hydrogen-bond donors (Lipinski definition) is 2. The van der Waals surface area contributed by atoms with Gasteiger partial charge in [0.05, 0.1) is 31.3 Å². The average Bonchev–Trinajstić information content (AvgIpc) is 2.97. The quantitative estimate of drug-likeness (QED) is 0.382. The molecule has 1 saturated heterocycles. The Morgan fingerprint density at radius 2 is 1.92 bits per heavy atom. The highest BCUT2D eigenvalue weighted by Crippen LogP contribution is 2.30. The third kappa shape index (κ3) is 5.40. The number of nitrogens with one attached hydrogen (secondary N) is 1. The number of pyridine rings is 1. The molecule has 2 N–H and O–H groups in total. The van der Waals surface area contributed by atoms with E-state index < -0.39 is 18.0 Å². The van der Waals surface area contributed by atoms with Crippen molar-refractivity contribution in [1.29, 1.82) is 5.26 Å². The molecule has 196 valence electrons. The van der Waals surface area contributed by atoms with Gasteiger partial charge in [-0.15, -0.1) is 0 Å². The molecule has 0 unspecified atom stereocenters. The molecule has 2 aromatic heterocycles. The summed E-state index contributed by atoms with van der Waals surface area (Å²) in [5, 5.41) is 23.5. The van der Waals surface area contributed by atoms with Crippen molar-refractivity contribution in [2.24, 2.45) is 0 Å². The highest BCUT2D eigenvalue weighted by atomic mass is 16.5. The van der Waals surface area contributed by atoms with Crippen LogP contribution in [0.15, 0.2) is 67.0 Å². The Bertz CT molecular complexity index is 1570. The van der Waals surface area contributed by atoms with Gasteiger partial charge in [0.15, 0.2) is 5.82 Å². The van der Waals surface area contributed by atoms with Gasteiger partial charge in [0.2, 0.25) is 0 Å². The van der Waals surface area contributed by atoms with Gasteiger partial charge >= 0.3 is 6.09 Å². The number of anilines is 2. The lowest BCUT2D eigenvalue weighted by molar-refractivity contribution is 0.102. The number of rotatable bonds is 6. The SMILES string of the molecule is COc1cc(NC(=O)c2cc(N3CCN(C(=O)O)[C@@H](CC#N)C3)nc(-c3ccncc3)n2)c2ccccc2c1. The monoisotopic (exact) mass is 523 g/mol. The van der Waals surface area contributed by atoms with Crippen LogP contribution in [0.5, 0.6) is 5.75 Å². The van der Waals surface area contributed by atoms with E-state index >= 15 is 0 Å². The molecule has 0 radical (unpaired) electrons. The number of carbonyl (C=O) groups is 2. The maximum atomic E-state index is 13.6. The summed E-state index contributed by atoms with van der Waals surface area (Å²) in [5.74, 6) is 0.952. The normalized spacial score (nSPS) is 15.0. The zero-order valence-electron chi connectivity index (χ0n) is 21.1. The van der Waals surface area contributed by atoms with Crippen molar-refractivity contribution >= 4 is 34.3 Å². The lowest BCUT2D eigenvalue weighted by Crippen LogP contribution is -2.55. The van der Waals surface area contributed by atoms with Gasteiger partial charge in [0.1, 0.15) is 17.3 Å². The van der Waals surface area contributed by atoms with Crippen molar-refractivity contribution < 1.29 is 19.4 Å². The predicted octanol–water partition coefficient (Wildman–Crippen LogP) is 4.03. The lowest BCUT2D eigenvalue weighted by Gasteiger charge is -2.39. The smallest absolute Gasteiger partial charge is 0.407 e. The average molecular weight is 524 g/mol. The van der Waals surface area contributed by atoms with E-state index in [0.717, 1.165) is 10.8 Å². The predicted molar refractivity (Wildman–Crippen MR) is 145 cm³/mol. The molecule has 0 saturated carbocycles. The minimum Gasteiger partial charge on any atom is -0.497 e. The Morgan fingerprint density at radius 1 is 1.13 bits per heavy atom. The van der Waals surface area contributed by atoms with Crippen molar-refractivity contribution in [2.75, 3.05) is 37.0 Å². The maximum Gasteiger partial charge on any atom is 0.407 e. The molecular formula is C28H25N7O4. The Kier molecular flexibility index (Phi) is 7.18. The highest BCUT2D eigenvalue weighted by Gasteiger charge is 2.31. The number of nitrogens with zero attached hydrogens (tertiary/aromatic N) is 6. The second-order valence-electron chi connectivity index (χ2n) is 8.96. The van der Waals surface area contributed by atoms with Crippen LogP contribution in [0.1, 0.15) is 16.9 Å². The molecular weight excluding hydrogens is 498 g/mol. The first-order valence-electron chi connectivity index (χ1n) is 12.3. The number of carbonyl (C=O) groups excluding carboxylic acids is 1. The number of hydrogen-bond acceptors (Lipinski definition) is 8. The first kappa shape index (κ1) is 25.4. The van der Waals surface area contributed by atoms with E-state index in [1.807, 2.05) is 35.2 Å². The van der Waals surface area contributed by atoms with E-state index in [4.69, 9.17) is 9.72 Å². The largest absolute Gasteiger partial charge is 0.497 e. The van der Waals surface area contributed by atoms with E-state index in [9.17, 15) is 20.0 Å². The molecule has 11 nitrogen and oxygen atoms in total. The van der Waals surface area contributed by atoms with Crippen LogP contribution in [0.2, 0.25) is 0 Å². The van der Waals surface area contributed by atoms with Crippen LogP contribution < -0.4 is 15.0 Å². The molecule has 0 bridgehead atoms. The number of aromatic nitrogens is 3. The zero-order valence-corrected chi connectivity index (χ0v) is 21.1. The van der Waals surface area contributed by atoms with Gasteiger partial charge in [-0.3, -0.25) is 9.78 Å². The van der Waals surface area contributed by atoms with Crippen LogP contribution >= 0.6 is 0 Å². The molecule has 0 spiro atoms. The Labute approximate surface area is 224 Å². The van der Waals surface area contributed by atoms with E-state index in [1.54, 1.807) is 43.8 Å². The molecule has 1 fully saturated rings. The van der Waals surface area contributed by atoms with Crippen molar-refractivity contribution in [3.8, 4) is 23.2 Å². The van der Waals surface area contributed by atoms with Gasteiger partial charge in [-0.2, -0.15) is 5.26 Å².